The first-order valence-electron chi connectivity index (χ1n) is 6.82. The summed E-state index contributed by atoms with van der Waals surface area (Å²) in [4.78, 5) is -0.607. The second kappa shape index (κ2) is 7.23. The molecular weight excluding hydrogens is 336 g/mol. The standard InChI is InChI=1S/C17H13F2NO3S/c1-12-6-8-14(9-7-12)24(21,22)15(11-20)10-13-4-2-3-5-16(13)23-17(18)19/h2-10,17H,1H3. The SMILES string of the molecule is Cc1ccc(S(=O)(=O)C(C#N)=Cc2ccccc2OC(F)F)cc1. The Labute approximate surface area is 138 Å². The van der Waals surface area contributed by atoms with Gasteiger partial charge in [0.25, 0.3) is 0 Å². The lowest BCUT2D eigenvalue weighted by atomic mass is 10.2. The maximum absolute atomic E-state index is 12.5. The highest BCUT2D eigenvalue weighted by molar-refractivity contribution is 7.95. The van der Waals surface area contributed by atoms with Gasteiger partial charge >= 0.3 is 6.61 Å². The molecule has 0 amide bonds. The summed E-state index contributed by atoms with van der Waals surface area (Å²) in [6, 6.07) is 13.3. The van der Waals surface area contributed by atoms with Crippen LogP contribution in [0.15, 0.2) is 58.3 Å². The zero-order valence-corrected chi connectivity index (χ0v) is 13.4. The van der Waals surface area contributed by atoms with Crippen LogP contribution in [0.5, 0.6) is 5.75 Å². The van der Waals surface area contributed by atoms with Gasteiger partial charge in [0.05, 0.1) is 4.90 Å². The lowest BCUT2D eigenvalue weighted by molar-refractivity contribution is -0.0499. The molecule has 0 N–H and O–H groups in total. The summed E-state index contributed by atoms with van der Waals surface area (Å²) in [6.45, 7) is -1.26. The lowest BCUT2D eigenvalue weighted by Gasteiger charge is -2.08. The van der Waals surface area contributed by atoms with Crippen LogP contribution < -0.4 is 4.74 Å². The number of ether oxygens (including phenoxy) is 1. The predicted molar refractivity (Wildman–Crippen MR) is 85.0 cm³/mol. The van der Waals surface area contributed by atoms with Crippen molar-refractivity contribution in [1.82, 2.24) is 0 Å². The van der Waals surface area contributed by atoms with Gasteiger partial charge in [0.1, 0.15) is 16.7 Å². The average molecular weight is 349 g/mol. The van der Waals surface area contributed by atoms with E-state index in [-0.39, 0.29) is 16.2 Å². The van der Waals surface area contributed by atoms with Gasteiger partial charge in [-0.1, -0.05) is 35.9 Å². The monoisotopic (exact) mass is 349 g/mol. The highest BCUT2D eigenvalue weighted by Crippen LogP contribution is 2.26. The van der Waals surface area contributed by atoms with E-state index in [1.807, 2.05) is 0 Å². The molecule has 0 fully saturated rings. The van der Waals surface area contributed by atoms with Crippen molar-refractivity contribution >= 4 is 15.9 Å². The second-order valence-corrected chi connectivity index (χ2v) is 6.77. The molecule has 7 heteroatoms. The summed E-state index contributed by atoms with van der Waals surface area (Å²) in [7, 11) is -4.05. The van der Waals surface area contributed by atoms with Crippen molar-refractivity contribution in [3.63, 3.8) is 0 Å². The van der Waals surface area contributed by atoms with E-state index < -0.39 is 21.4 Å². The Kier molecular flexibility index (Phi) is 5.31. The summed E-state index contributed by atoms with van der Waals surface area (Å²) in [5, 5.41) is 9.23. The molecule has 2 aromatic rings. The third-order valence-electron chi connectivity index (χ3n) is 3.15. The highest BCUT2D eigenvalue weighted by Gasteiger charge is 2.21. The molecule has 0 aliphatic rings. The van der Waals surface area contributed by atoms with Gasteiger partial charge in [0.15, 0.2) is 0 Å². The number of aryl methyl sites for hydroxylation is 1. The minimum absolute atomic E-state index is 0.0480. The predicted octanol–water partition coefficient (Wildman–Crippen LogP) is 3.93. The number of benzene rings is 2. The molecule has 4 nitrogen and oxygen atoms in total. The zero-order chi connectivity index (χ0) is 17.7. The Balaban J connectivity index is 2.51. The van der Waals surface area contributed by atoms with Crippen LogP contribution in [0.25, 0.3) is 6.08 Å². The molecule has 0 aromatic heterocycles. The van der Waals surface area contributed by atoms with E-state index in [0.29, 0.717) is 0 Å². The van der Waals surface area contributed by atoms with Gasteiger partial charge in [0, 0.05) is 5.56 Å². The first kappa shape index (κ1) is 17.6. The van der Waals surface area contributed by atoms with Crippen molar-refractivity contribution in [1.29, 1.82) is 5.26 Å². The Bertz CT molecular complexity index is 898. The van der Waals surface area contributed by atoms with Crippen LogP contribution in [0.2, 0.25) is 0 Å². The molecule has 124 valence electrons. The number of sulfone groups is 1. The molecule has 0 saturated heterocycles. The topological polar surface area (TPSA) is 67.2 Å². The van der Waals surface area contributed by atoms with Gasteiger partial charge in [-0.25, -0.2) is 8.42 Å². The zero-order valence-electron chi connectivity index (χ0n) is 12.6. The van der Waals surface area contributed by atoms with Crippen LogP contribution in [0.4, 0.5) is 8.78 Å². The fourth-order valence-corrected chi connectivity index (χ4v) is 3.11. The molecule has 0 atom stereocenters. The van der Waals surface area contributed by atoms with Crippen LogP contribution in [-0.2, 0) is 9.84 Å². The van der Waals surface area contributed by atoms with Gasteiger partial charge in [0.2, 0.25) is 9.84 Å². The largest absolute Gasteiger partial charge is 0.434 e. The second-order valence-electron chi connectivity index (χ2n) is 4.85. The normalized spacial score (nSPS) is 12.0. The van der Waals surface area contributed by atoms with Crippen molar-refractivity contribution in [2.75, 3.05) is 0 Å². The van der Waals surface area contributed by atoms with Gasteiger partial charge < -0.3 is 4.74 Å². The minimum atomic E-state index is -4.05. The number of hydrogen-bond donors (Lipinski definition) is 0. The van der Waals surface area contributed by atoms with Crippen LogP contribution in [0, 0.1) is 18.3 Å². The minimum Gasteiger partial charge on any atom is -0.434 e. The number of rotatable bonds is 5. The number of alkyl halides is 2. The number of para-hydroxylation sites is 1. The van der Waals surface area contributed by atoms with Crippen molar-refractivity contribution in [2.24, 2.45) is 0 Å². The Morgan fingerprint density at radius 2 is 1.79 bits per heavy atom. The van der Waals surface area contributed by atoms with Crippen molar-refractivity contribution in [3.05, 3.63) is 64.6 Å². The van der Waals surface area contributed by atoms with Crippen molar-refractivity contribution in [3.8, 4) is 11.8 Å². The summed E-state index contributed by atoms with van der Waals surface area (Å²) in [5.41, 5.74) is 0.942. The molecule has 2 aromatic carbocycles. The summed E-state index contributed by atoms with van der Waals surface area (Å²) in [5.74, 6) is -0.209. The van der Waals surface area contributed by atoms with Gasteiger partial charge in [-0.15, -0.1) is 0 Å². The van der Waals surface area contributed by atoms with Crippen LogP contribution >= 0.6 is 0 Å². The number of halogens is 2. The molecule has 0 bridgehead atoms. The molecule has 0 spiro atoms. The molecule has 2 rings (SSSR count). The first-order chi connectivity index (χ1) is 11.3. The van der Waals surface area contributed by atoms with Crippen molar-refractivity contribution in [2.45, 2.75) is 18.4 Å². The Morgan fingerprint density at radius 1 is 1.17 bits per heavy atom. The Morgan fingerprint density at radius 3 is 2.38 bits per heavy atom. The van der Waals surface area contributed by atoms with E-state index >= 15 is 0 Å². The van der Waals surface area contributed by atoms with E-state index in [0.717, 1.165) is 11.6 Å². The smallest absolute Gasteiger partial charge is 0.387 e. The van der Waals surface area contributed by atoms with Crippen LogP contribution in [-0.4, -0.2) is 15.0 Å². The quantitative estimate of drug-likeness (QED) is 0.767. The summed E-state index contributed by atoms with van der Waals surface area (Å²) < 4.78 is 54.3. The molecule has 0 unspecified atom stereocenters. The van der Waals surface area contributed by atoms with E-state index in [4.69, 9.17) is 0 Å². The summed E-state index contributed by atoms with van der Waals surface area (Å²) >= 11 is 0. The molecule has 0 aliphatic carbocycles. The number of allylic oxidation sites excluding steroid dienone is 1. The number of nitriles is 1. The molecule has 0 radical (unpaired) electrons. The van der Waals surface area contributed by atoms with Gasteiger partial charge in [-0.3, -0.25) is 0 Å². The maximum atomic E-state index is 12.5. The highest BCUT2D eigenvalue weighted by atomic mass is 32.2. The van der Waals surface area contributed by atoms with Crippen LogP contribution in [0.1, 0.15) is 11.1 Å². The number of nitrogens with zero attached hydrogens (tertiary/aromatic N) is 1. The third kappa shape index (κ3) is 3.97. The molecular formula is C17H13F2NO3S. The molecule has 24 heavy (non-hydrogen) atoms. The van der Waals surface area contributed by atoms with Crippen molar-refractivity contribution < 1.29 is 21.9 Å². The lowest BCUT2D eigenvalue weighted by Crippen LogP contribution is -2.05. The van der Waals surface area contributed by atoms with Crippen LogP contribution in [0.3, 0.4) is 0 Å². The van der Waals surface area contributed by atoms with Gasteiger partial charge in [-0.05, 0) is 31.2 Å². The first-order valence-corrected chi connectivity index (χ1v) is 8.30. The van der Waals surface area contributed by atoms with Gasteiger partial charge in [-0.2, -0.15) is 14.0 Å². The number of hydrogen-bond acceptors (Lipinski definition) is 4. The Hall–Kier alpha value is -2.72. The molecule has 0 heterocycles. The fourth-order valence-electron chi connectivity index (χ4n) is 1.96. The maximum Gasteiger partial charge on any atom is 0.387 e. The molecule has 0 saturated carbocycles. The molecule has 0 aliphatic heterocycles. The summed E-state index contributed by atoms with van der Waals surface area (Å²) in [6.07, 6.45) is 1.02. The average Bonchev–Trinajstić information content (AvgIpc) is 2.53. The van der Waals surface area contributed by atoms with E-state index in [1.54, 1.807) is 25.1 Å². The third-order valence-corrected chi connectivity index (χ3v) is 4.83. The van der Waals surface area contributed by atoms with E-state index in [1.165, 1.54) is 36.4 Å². The van der Waals surface area contributed by atoms with E-state index in [9.17, 15) is 22.5 Å². The van der Waals surface area contributed by atoms with E-state index in [2.05, 4.69) is 4.74 Å². The fraction of sp³-hybridized carbons (Fsp3) is 0.118.